The van der Waals surface area contributed by atoms with E-state index in [1.165, 1.54) is 30.8 Å². The van der Waals surface area contributed by atoms with Gasteiger partial charge >= 0.3 is 11.9 Å². The molecule has 20 nitrogen and oxygen atoms in total. The van der Waals surface area contributed by atoms with Gasteiger partial charge in [-0.25, -0.2) is 13.6 Å². The fourth-order valence-electron chi connectivity index (χ4n) is 9.51. The van der Waals surface area contributed by atoms with E-state index in [9.17, 15) is 52.3 Å². The molecule has 4 atom stereocenters. The highest BCUT2D eigenvalue weighted by Crippen LogP contribution is 2.41. The molecule has 1 aromatic heterocycles. The van der Waals surface area contributed by atoms with Crippen LogP contribution in [0.2, 0.25) is 0 Å². The maximum atomic E-state index is 15.5. The zero-order valence-electron chi connectivity index (χ0n) is 52.5. The van der Waals surface area contributed by atoms with Crippen LogP contribution >= 0.6 is 11.8 Å². The molecular weight excluding hydrogens is 1140 g/mol. The van der Waals surface area contributed by atoms with Crippen molar-refractivity contribution in [3.63, 3.8) is 0 Å². The van der Waals surface area contributed by atoms with Gasteiger partial charge in [-0.05, 0) is 115 Å². The number of ether oxygens (including phenoxy) is 2. The van der Waals surface area contributed by atoms with E-state index >= 15 is 4.39 Å². The molecule has 87 heavy (non-hydrogen) atoms. The Hall–Kier alpha value is -7.43. The number of esters is 2. The summed E-state index contributed by atoms with van der Waals surface area (Å²) in [5.74, 6) is -6.16. The van der Waals surface area contributed by atoms with Crippen molar-refractivity contribution in [2.45, 2.75) is 183 Å². The smallest absolute Gasteiger partial charge is 0.329 e. The Bertz CT molecular complexity index is 2890. The number of aromatic nitrogens is 1. The van der Waals surface area contributed by atoms with Crippen molar-refractivity contribution < 1.29 is 66.2 Å². The number of thioether (sulfide) groups is 1. The first-order chi connectivity index (χ1) is 40.7. The topological polar surface area (TPSA) is 261 Å². The molecule has 0 spiro atoms. The van der Waals surface area contributed by atoms with Gasteiger partial charge in [0.15, 0.2) is 0 Å². The number of nitrogens with one attached hydrogen (secondary N) is 5. The number of halogens is 2. The molecule has 0 saturated carbocycles. The molecule has 0 fully saturated rings. The van der Waals surface area contributed by atoms with Crippen LogP contribution in [0.4, 0.5) is 8.78 Å². The van der Waals surface area contributed by atoms with Crippen molar-refractivity contribution in [1.29, 1.82) is 0 Å². The zero-order valence-corrected chi connectivity index (χ0v) is 53.3. The van der Waals surface area contributed by atoms with Gasteiger partial charge in [0.25, 0.3) is 11.8 Å². The molecule has 5 N–H and O–H groups in total. The average molecular weight is 1230 g/mol. The van der Waals surface area contributed by atoms with E-state index < -0.39 is 88.0 Å². The van der Waals surface area contributed by atoms with Gasteiger partial charge in [0.1, 0.15) is 41.0 Å². The van der Waals surface area contributed by atoms with Crippen LogP contribution in [0, 0.1) is 23.0 Å². The summed E-state index contributed by atoms with van der Waals surface area (Å²) in [6.07, 6.45) is 5.66. The van der Waals surface area contributed by atoms with Crippen LogP contribution in [0.1, 0.15) is 158 Å². The Morgan fingerprint density at radius 3 is 1.97 bits per heavy atom. The van der Waals surface area contributed by atoms with Crippen molar-refractivity contribution in [3.8, 4) is 11.1 Å². The molecule has 1 aliphatic rings. The van der Waals surface area contributed by atoms with Gasteiger partial charge in [-0.2, -0.15) is 11.8 Å². The van der Waals surface area contributed by atoms with Crippen LogP contribution in [-0.4, -0.2) is 141 Å². The summed E-state index contributed by atoms with van der Waals surface area (Å²) >= 11 is 1.21. The molecule has 478 valence electrons. The van der Waals surface area contributed by atoms with Crippen molar-refractivity contribution in [2.75, 3.05) is 37.7 Å². The second-order valence-electron chi connectivity index (χ2n) is 25.1. The number of imide groups is 1. The number of carbonyl (C=O) groups excluding carboxylic acids is 10. The van der Waals surface area contributed by atoms with Gasteiger partial charge in [-0.1, -0.05) is 71.4 Å². The second-order valence-corrected chi connectivity index (χ2v) is 26.2. The number of amides is 8. The SMILES string of the molecule is CC(C)[C@H](NC(=O)CCCCCN1C(=O)C=CC1=O)C(=O)N[C@@H](C)C(=O)NCCCN(C(=O)CSCCC(=O)NCCC(=O)N[C@H](CCC(=O)OC(C)(C)C)C(=O)OC(C)(C)C)[C@@H](c1cc(-c2cc(F)ccc2F)cn1Cc1ccccc1)C(C)(C)C. The van der Waals surface area contributed by atoms with E-state index in [0.717, 1.165) is 28.7 Å². The highest BCUT2D eigenvalue weighted by molar-refractivity contribution is 7.99. The molecular formula is C64H90F2N8O12S. The number of hydrogen-bond donors (Lipinski definition) is 5. The number of rotatable bonds is 33. The summed E-state index contributed by atoms with van der Waals surface area (Å²) in [6.45, 7) is 21.8. The Morgan fingerprint density at radius 2 is 1.33 bits per heavy atom. The molecule has 3 aromatic rings. The molecule has 2 aromatic carbocycles. The summed E-state index contributed by atoms with van der Waals surface area (Å²) in [7, 11) is 0. The maximum absolute atomic E-state index is 15.5. The average Bonchev–Trinajstić information content (AvgIpc) is 1.80. The molecule has 0 bridgehead atoms. The van der Waals surface area contributed by atoms with Crippen molar-refractivity contribution >= 4 is 71.0 Å². The fourth-order valence-corrected chi connectivity index (χ4v) is 10.3. The van der Waals surface area contributed by atoms with Gasteiger partial charge in [0.05, 0.1) is 11.8 Å². The highest BCUT2D eigenvalue weighted by atomic mass is 32.2. The summed E-state index contributed by atoms with van der Waals surface area (Å²) in [5, 5.41) is 13.7. The van der Waals surface area contributed by atoms with Gasteiger partial charge in [0, 0.05) is 99.3 Å². The Labute approximate surface area is 514 Å². The van der Waals surface area contributed by atoms with Gasteiger partial charge < -0.3 is 45.5 Å². The number of nitrogens with zero attached hydrogens (tertiary/aromatic N) is 3. The molecule has 1 aliphatic heterocycles. The monoisotopic (exact) mass is 1230 g/mol. The van der Waals surface area contributed by atoms with E-state index in [0.29, 0.717) is 37.1 Å². The number of carbonyl (C=O) groups is 10. The third-order valence-electron chi connectivity index (χ3n) is 13.6. The van der Waals surface area contributed by atoms with Crippen LogP contribution in [0.15, 0.2) is 72.9 Å². The van der Waals surface area contributed by atoms with Crippen molar-refractivity contribution in [3.05, 3.63) is 95.8 Å². The molecule has 0 aliphatic carbocycles. The molecule has 2 heterocycles. The predicted octanol–water partition coefficient (Wildman–Crippen LogP) is 7.61. The van der Waals surface area contributed by atoms with Crippen LogP contribution in [0.25, 0.3) is 11.1 Å². The molecule has 4 rings (SSSR count). The van der Waals surface area contributed by atoms with Gasteiger partial charge in [0.2, 0.25) is 35.4 Å². The van der Waals surface area contributed by atoms with Crippen LogP contribution in [0.3, 0.4) is 0 Å². The normalized spacial score (nSPS) is 14.0. The van der Waals surface area contributed by atoms with Gasteiger partial charge in [-0.15, -0.1) is 0 Å². The summed E-state index contributed by atoms with van der Waals surface area (Å²) in [6, 6.07) is 10.7. The molecule has 23 heteroatoms. The number of hydrogen-bond acceptors (Lipinski definition) is 13. The summed E-state index contributed by atoms with van der Waals surface area (Å²) < 4.78 is 43.0. The molecule has 0 unspecified atom stereocenters. The van der Waals surface area contributed by atoms with Crippen molar-refractivity contribution in [2.24, 2.45) is 11.3 Å². The first-order valence-electron chi connectivity index (χ1n) is 29.7. The Balaban J connectivity index is 1.44. The van der Waals surface area contributed by atoms with Crippen LogP contribution < -0.4 is 26.6 Å². The molecule has 8 amide bonds. The lowest BCUT2D eigenvalue weighted by atomic mass is 9.83. The van der Waals surface area contributed by atoms with Crippen molar-refractivity contribution in [1.82, 2.24) is 41.0 Å². The predicted molar refractivity (Wildman–Crippen MR) is 328 cm³/mol. The first-order valence-corrected chi connectivity index (χ1v) is 30.9. The van der Waals surface area contributed by atoms with E-state index in [1.807, 2.05) is 55.7 Å². The lowest BCUT2D eigenvalue weighted by molar-refractivity contribution is -0.160. The maximum Gasteiger partial charge on any atom is 0.329 e. The number of benzene rings is 2. The fraction of sp³-hybridized carbons (Fsp3) is 0.562. The van der Waals surface area contributed by atoms with Gasteiger partial charge in [-0.3, -0.25) is 48.1 Å². The Kier molecular flexibility index (Phi) is 27.8. The minimum atomic E-state index is -1.14. The lowest BCUT2D eigenvalue weighted by Gasteiger charge is -2.41. The first kappa shape index (κ1) is 72.0. The highest BCUT2D eigenvalue weighted by Gasteiger charge is 2.38. The summed E-state index contributed by atoms with van der Waals surface area (Å²) in [5.41, 5.74) is -0.338. The van der Waals surface area contributed by atoms with E-state index in [2.05, 4.69) is 26.6 Å². The van der Waals surface area contributed by atoms with E-state index in [-0.39, 0.29) is 111 Å². The third kappa shape index (κ3) is 25.1. The van der Waals surface area contributed by atoms with E-state index in [4.69, 9.17) is 9.47 Å². The third-order valence-corrected chi connectivity index (χ3v) is 14.6. The second kappa shape index (κ2) is 33.6. The lowest BCUT2D eigenvalue weighted by Crippen LogP contribution is -2.54. The minimum Gasteiger partial charge on any atom is -0.460 e. The Morgan fingerprint density at radius 1 is 0.678 bits per heavy atom. The quantitative estimate of drug-likeness (QED) is 0.0224. The summed E-state index contributed by atoms with van der Waals surface area (Å²) in [4.78, 5) is 133. The largest absolute Gasteiger partial charge is 0.460 e. The minimum absolute atomic E-state index is 0.0146. The van der Waals surface area contributed by atoms with Crippen LogP contribution in [0.5, 0.6) is 0 Å². The van der Waals surface area contributed by atoms with E-state index in [1.54, 1.807) is 72.6 Å². The standard InChI is InChI=1S/C64H90F2N8O12S/c1-41(2)57(71-51(76)22-17-14-18-33-73-53(78)26-27-54(73)79)60(83)69-42(3)59(82)68-31-19-34-74(58(62(4,5)6)49-36-44(46-37-45(65)23-24-47(46)66)39-72(49)38-43-20-15-13-16-21-43)55(80)40-87-35-30-50(75)67-32-29-52(77)70-48(61(84)86-64(10,11)12)25-28-56(81)85-63(7,8)9/h13,15-16,20-21,23-24,26-27,36-37,39,41-42,48,57-58H,14,17-19,22,25,28-35,38,40H2,1-12H3,(H,67,75)(H,68,82)(H,69,83)(H,70,77)(H,71,76)/t42-,48+,57-,58-/m0/s1. The molecule has 0 saturated heterocycles. The van der Waals surface area contributed by atoms with Crippen LogP contribution in [-0.2, 0) is 64.0 Å². The number of unbranched alkanes of at least 4 members (excludes halogenated alkanes) is 2. The molecule has 0 radical (unpaired) electrons. The zero-order chi connectivity index (χ0) is 64.8.